The molecule has 0 bridgehead atoms. The van der Waals surface area contributed by atoms with Gasteiger partial charge in [-0.25, -0.2) is 0 Å². The molecule has 0 radical (unpaired) electrons. The van der Waals surface area contributed by atoms with E-state index in [1.807, 2.05) is 78.9 Å². The first kappa shape index (κ1) is 23.2. The zero-order valence-electron chi connectivity index (χ0n) is 18.6. The molecule has 0 saturated heterocycles. The summed E-state index contributed by atoms with van der Waals surface area (Å²) in [5.74, 6) is 0.843. The predicted molar refractivity (Wildman–Crippen MR) is 130 cm³/mol. The van der Waals surface area contributed by atoms with E-state index < -0.39 is 5.91 Å². The summed E-state index contributed by atoms with van der Waals surface area (Å²) in [4.78, 5) is 12.4. The Kier molecular flexibility index (Phi) is 8.32. The summed E-state index contributed by atoms with van der Waals surface area (Å²) in [6.45, 7) is 0.382. The SMILES string of the molecule is COc1ccc(CCNC(=O)/C(C#N)=C\Nc2ccc(Nc3ccccc3)cc2)cc1OC. The number of para-hydroxylation sites is 1. The van der Waals surface area contributed by atoms with Crippen LogP contribution in [-0.2, 0) is 11.2 Å². The van der Waals surface area contributed by atoms with E-state index in [1.54, 1.807) is 14.2 Å². The van der Waals surface area contributed by atoms with E-state index in [-0.39, 0.29) is 5.57 Å². The molecular formula is C26H26N4O3. The van der Waals surface area contributed by atoms with Crippen LogP contribution in [0.15, 0.2) is 84.6 Å². The van der Waals surface area contributed by atoms with Gasteiger partial charge in [0.2, 0.25) is 0 Å². The smallest absolute Gasteiger partial charge is 0.263 e. The number of carbonyl (C=O) groups excluding carboxylic acids is 1. The van der Waals surface area contributed by atoms with Crippen LogP contribution in [0.4, 0.5) is 17.1 Å². The standard InChI is InChI=1S/C26H26N4O3/c1-32-24-13-8-19(16-25(24)33-2)14-15-28-26(31)20(17-27)18-29-21-9-11-23(12-10-21)30-22-6-4-3-5-7-22/h3-13,16,18,29-30H,14-15H2,1-2H3,(H,28,31)/b20-18-. The summed E-state index contributed by atoms with van der Waals surface area (Å²) >= 11 is 0. The highest BCUT2D eigenvalue weighted by atomic mass is 16.5. The van der Waals surface area contributed by atoms with Crippen LogP contribution in [0.25, 0.3) is 0 Å². The fourth-order valence-electron chi connectivity index (χ4n) is 3.09. The summed E-state index contributed by atoms with van der Waals surface area (Å²) in [5, 5.41) is 18.4. The average molecular weight is 443 g/mol. The molecule has 7 nitrogen and oxygen atoms in total. The Bertz CT molecular complexity index is 1140. The highest BCUT2D eigenvalue weighted by Crippen LogP contribution is 2.27. The van der Waals surface area contributed by atoms with Crippen molar-refractivity contribution in [3.05, 3.63) is 90.1 Å². The first-order valence-corrected chi connectivity index (χ1v) is 10.4. The van der Waals surface area contributed by atoms with Crippen LogP contribution in [0.5, 0.6) is 11.5 Å². The second kappa shape index (κ2) is 11.8. The minimum atomic E-state index is -0.437. The van der Waals surface area contributed by atoms with Gasteiger partial charge in [0.05, 0.1) is 14.2 Å². The maximum absolute atomic E-state index is 12.4. The highest BCUT2D eigenvalue weighted by molar-refractivity contribution is 5.97. The maximum Gasteiger partial charge on any atom is 0.263 e. The van der Waals surface area contributed by atoms with Crippen LogP contribution in [-0.4, -0.2) is 26.7 Å². The molecule has 0 aliphatic rings. The van der Waals surface area contributed by atoms with Crippen molar-refractivity contribution in [3.8, 4) is 17.6 Å². The zero-order valence-corrected chi connectivity index (χ0v) is 18.6. The van der Waals surface area contributed by atoms with Crippen LogP contribution in [0.1, 0.15) is 5.56 Å². The molecule has 3 N–H and O–H groups in total. The van der Waals surface area contributed by atoms with E-state index in [1.165, 1.54) is 6.20 Å². The lowest BCUT2D eigenvalue weighted by atomic mass is 10.1. The first-order chi connectivity index (χ1) is 16.1. The molecule has 0 aliphatic heterocycles. The average Bonchev–Trinajstić information content (AvgIpc) is 2.86. The van der Waals surface area contributed by atoms with Crippen molar-refractivity contribution in [1.82, 2.24) is 5.32 Å². The number of hydrogen-bond donors (Lipinski definition) is 3. The Morgan fingerprint density at radius 1 is 0.909 bits per heavy atom. The van der Waals surface area contributed by atoms with Crippen molar-refractivity contribution in [2.45, 2.75) is 6.42 Å². The van der Waals surface area contributed by atoms with Gasteiger partial charge >= 0.3 is 0 Å². The molecule has 0 heterocycles. The van der Waals surface area contributed by atoms with Crippen molar-refractivity contribution in [3.63, 3.8) is 0 Å². The number of anilines is 3. The zero-order chi connectivity index (χ0) is 23.5. The number of hydrogen-bond acceptors (Lipinski definition) is 6. The quantitative estimate of drug-likeness (QED) is 0.313. The molecule has 3 rings (SSSR count). The predicted octanol–water partition coefficient (Wildman–Crippen LogP) is 4.63. The second-order valence-electron chi connectivity index (χ2n) is 7.08. The van der Waals surface area contributed by atoms with Gasteiger partial charge in [-0.05, 0) is 60.5 Å². The summed E-state index contributed by atoms with van der Waals surface area (Å²) in [7, 11) is 3.16. The summed E-state index contributed by atoms with van der Waals surface area (Å²) < 4.78 is 10.5. The molecule has 0 fully saturated rings. The molecule has 0 spiro atoms. The summed E-state index contributed by atoms with van der Waals surface area (Å²) in [6, 6.07) is 25.0. The van der Waals surface area contributed by atoms with E-state index in [0.29, 0.717) is 24.5 Å². The molecule has 0 atom stereocenters. The fourth-order valence-corrected chi connectivity index (χ4v) is 3.09. The molecule has 1 amide bonds. The van der Waals surface area contributed by atoms with Gasteiger partial charge in [0.1, 0.15) is 11.6 Å². The minimum absolute atomic E-state index is 0.00574. The van der Waals surface area contributed by atoms with Gasteiger partial charge in [0, 0.05) is 29.8 Å². The monoisotopic (exact) mass is 442 g/mol. The topological polar surface area (TPSA) is 95.4 Å². The van der Waals surface area contributed by atoms with E-state index >= 15 is 0 Å². The number of ether oxygens (including phenoxy) is 2. The van der Waals surface area contributed by atoms with Crippen molar-refractivity contribution >= 4 is 23.0 Å². The number of nitriles is 1. The molecule has 3 aromatic carbocycles. The van der Waals surface area contributed by atoms with Crippen LogP contribution < -0.4 is 25.4 Å². The van der Waals surface area contributed by atoms with Gasteiger partial charge in [-0.15, -0.1) is 0 Å². The molecule has 7 heteroatoms. The number of methoxy groups -OCH3 is 2. The van der Waals surface area contributed by atoms with Gasteiger partial charge in [-0.1, -0.05) is 24.3 Å². The number of carbonyl (C=O) groups is 1. The molecule has 0 unspecified atom stereocenters. The molecule has 0 saturated carbocycles. The maximum atomic E-state index is 12.4. The summed E-state index contributed by atoms with van der Waals surface area (Å²) in [6.07, 6.45) is 2.00. The van der Waals surface area contributed by atoms with Crippen molar-refractivity contribution < 1.29 is 14.3 Å². The van der Waals surface area contributed by atoms with Gasteiger partial charge < -0.3 is 25.4 Å². The van der Waals surface area contributed by atoms with E-state index in [9.17, 15) is 10.1 Å². The van der Waals surface area contributed by atoms with Crippen LogP contribution in [0.2, 0.25) is 0 Å². The normalized spacial score (nSPS) is 10.6. The lowest BCUT2D eigenvalue weighted by Gasteiger charge is -2.10. The Morgan fingerprint density at radius 2 is 1.58 bits per heavy atom. The van der Waals surface area contributed by atoms with Gasteiger partial charge in [0.25, 0.3) is 5.91 Å². The Hall–Kier alpha value is -4.44. The molecule has 0 aromatic heterocycles. The van der Waals surface area contributed by atoms with Gasteiger partial charge in [0.15, 0.2) is 11.5 Å². The molecule has 33 heavy (non-hydrogen) atoms. The van der Waals surface area contributed by atoms with Crippen LogP contribution >= 0.6 is 0 Å². The third kappa shape index (κ3) is 6.77. The number of benzene rings is 3. The largest absolute Gasteiger partial charge is 0.493 e. The van der Waals surface area contributed by atoms with Crippen molar-refractivity contribution in [2.75, 3.05) is 31.4 Å². The van der Waals surface area contributed by atoms with Crippen LogP contribution in [0, 0.1) is 11.3 Å². The van der Waals surface area contributed by atoms with E-state index in [0.717, 1.165) is 22.6 Å². The molecule has 3 aromatic rings. The highest BCUT2D eigenvalue weighted by Gasteiger charge is 2.09. The fraction of sp³-hybridized carbons (Fsp3) is 0.154. The molecule has 0 aliphatic carbocycles. The lowest BCUT2D eigenvalue weighted by Crippen LogP contribution is -2.27. The van der Waals surface area contributed by atoms with Crippen LogP contribution in [0.3, 0.4) is 0 Å². The minimum Gasteiger partial charge on any atom is -0.493 e. The van der Waals surface area contributed by atoms with E-state index in [2.05, 4.69) is 16.0 Å². The Morgan fingerprint density at radius 3 is 2.24 bits per heavy atom. The third-order valence-corrected chi connectivity index (χ3v) is 4.84. The molecule has 168 valence electrons. The van der Waals surface area contributed by atoms with Gasteiger partial charge in [-0.3, -0.25) is 4.79 Å². The van der Waals surface area contributed by atoms with Crippen molar-refractivity contribution in [1.29, 1.82) is 5.26 Å². The number of rotatable bonds is 10. The number of amides is 1. The second-order valence-corrected chi connectivity index (χ2v) is 7.08. The third-order valence-electron chi connectivity index (χ3n) is 4.84. The number of nitrogens with one attached hydrogen (secondary N) is 3. The van der Waals surface area contributed by atoms with E-state index in [4.69, 9.17) is 9.47 Å². The molecular weight excluding hydrogens is 416 g/mol. The Balaban J connectivity index is 1.51. The summed E-state index contributed by atoms with van der Waals surface area (Å²) in [5.41, 5.74) is 3.67. The Labute approximate surface area is 193 Å². The first-order valence-electron chi connectivity index (χ1n) is 10.4. The lowest BCUT2D eigenvalue weighted by molar-refractivity contribution is -0.117. The number of nitrogens with zero attached hydrogens (tertiary/aromatic N) is 1. The van der Waals surface area contributed by atoms with Gasteiger partial charge in [-0.2, -0.15) is 5.26 Å². The van der Waals surface area contributed by atoms with Crippen molar-refractivity contribution in [2.24, 2.45) is 0 Å².